The monoisotopic (exact) mass is 317 g/mol. The molecular formula is C11H19N5O4S. The van der Waals surface area contributed by atoms with Gasteiger partial charge in [0.2, 0.25) is 0 Å². The predicted molar refractivity (Wildman–Crippen MR) is 73.4 cm³/mol. The Morgan fingerprint density at radius 2 is 2.10 bits per heavy atom. The topological polar surface area (TPSA) is 119 Å². The molecule has 0 saturated carbocycles. The van der Waals surface area contributed by atoms with Crippen LogP contribution in [0.15, 0.2) is 0 Å². The molecule has 1 aromatic rings. The lowest BCUT2D eigenvalue weighted by molar-refractivity contribution is -0.142. The molecule has 0 unspecified atom stereocenters. The molecular weight excluding hydrogens is 298 g/mol. The number of carboxylic acid groups (broad SMARTS) is 1. The third-order valence-electron chi connectivity index (χ3n) is 3.53. The molecule has 21 heavy (non-hydrogen) atoms. The van der Waals surface area contributed by atoms with Gasteiger partial charge in [-0.15, -0.1) is 0 Å². The summed E-state index contributed by atoms with van der Waals surface area (Å²) in [5.41, 5.74) is 0. The zero-order valence-corrected chi connectivity index (χ0v) is 12.8. The van der Waals surface area contributed by atoms with Crippen LogP contribution < -0.4 is 0 Å². The van der Waals surface area contributed by atoms with E-state index in [0.717, 1.165) is 0 Å². The average molecular weight is 317 g/mol. The molecule has 0 spiro atoms. The highest BCUT2D eigenvalue weighted by atomic mass is 32.2. The number of nitrogens with zero attached hydrogens (tertiary/aromatic N) is 4. The summed E-state index contributed by atoms with van der Waals surface area (Å²) >= 11 is 0. The van der Waals surface area contributed by atoms with Gasteiger partial charge in [0, 0.05) is 20.1 Å². The van der Waals surface area contributed by atoms with E-state index < -0.39 is 22.1 Å². The fraction of sp³-hybridized carbons (Fsp3) is 0.727. The van der Waals surface area contributed by atoms with Crippen molar-refractivity contribution < 1.29 is 18.3 Å². The van der Waals surface area contributed by atoms with Crippen molar-refractivity contribution in [3.8, 4) is 0 Å². The van der Waals surface area contributed by atoms with E-state index in [9.17, 15) is 13.2 Å². The van der Waals surface area contributed by atoms with E-state index in [1.807, 2.05) is 0 Å². The number of carbonyl (C=O) groups is 1. The summed E-state index contributed by atoms with van der Waals surface area (Å²) in [5, 5.41) is 15.5. The van der Waals surface area contributed by atoms with Gasteiger partial charge in [0.05, 0.1) is 12.5 Å². The molecule has 2 N–H and O–H groups in total. The van der Waals surface area contributed by atoms with Gasteiger partial charge in [-0.2, -0.15) is 22.1 Å². The number of hydrogen-bond acceptors (Lipinski definition) is 5. The summed E-state index contributed by atoms with van der Waals surface area (Å²) in [5.74, 6) is -0.300. The molecule has 0 aliphatic carbocycles. The van der Waals surface area contributed by atoms with Crippen LogP contribution >= 0.6 is 0 Å². The Kier molecular flexibility index (Phi) is 4.59. The summed E-state index contributed by atoms with van der Waals surface area (Å²) in [7, 11) is -2.16. The Hall–Kier alpha value is -1.52. The molecule has 0 bridgehead atoms. The summed E-state index contributed by atoms with van der Waals surface area (Å²) < 4.78 is 27.3. The Morgan fingerprint density at radius 1 is 1.48 bits per heavy atom. The van der Waals surface area contributed by atoms with Crippen molar-refractivity contribution in [2.75, 3.05) is 20.1 Å². The van der Waals surface area contributed by atoms with Gasteiger partial charge >= 0.3 is 5.97 Å². The van der Waals surface area contributed by atoms with Gasteiger partial charge in [-0.05, 0) is 19.8 Å². The van der Waals surface area contributed by atoms with Gasteiger partial charge in [-0.3, -0.25) is 9.89 Å². The zero-order chi connectivity index (χ0) is 15.6. The first-order chi connectivity index (χ1) is 9.80. The summed E-state index contributed by atoms with van der Waals surface area (Å²) in [6.07, 6.45) is 0.671. The van der Waals surface area contributed by atoms with Crippen LogP contribution in [0.4, 0.5) is 0 Å². The van der Waals surface area contributed by atoms with Crippen molar-refractivity contribution in [2.45, 2.75) is 26.3 Å². The maximum Gasteiger partial charge on any atom is 0.306 e. The number of aromatic nitrogens is 3. The molecule has 1 aliphatic heterocycles. The van der Waals surface area contributed by atoms with Crippen molar-refractivity contribution in [3.05, 3.63) is 11.6 Å². The van der Waals surface area contributed by atoms with Crippen LogP contribution in [0.5, 0.6) is 0 Å². The lowest BCUT2D eigenvalue weighted by Gasteiger charge is -2.32. The zero-order valence-electron chi connectivity index (χ0n) is 12.0. The second-order valence-electron chi connectivity index (χ2n) is 5.11. The van der Waals surface area contributed by atoms with Gasteiger partial charge in [0.15, 0.2) is 5.82 Å². The lowest BCUT2D eigenvalue weighted by atomic mass is 9.99. The van der Waals surface area contributed by atoms with Crippen molar-refractivity contribution >= 4 is 16.2 Å². The van der Waals surface area contributed by atoms with Crippen molar-refractivity contribution in [3.63, 3.8) is 0 Å². The molecule has 1 saturated heterocycles. The van der Waals surface area contributed by atoms with Crippen molar-refractivity contribution in [1.29, 1.82) is 0 Å². The van der Waals surface area contributed by atoms with Crippen LogP contribution in [0.1, 0.15) is 24.5 Å². The Bertz CT molecular complexity index is 606. The van der Waals surface area contributed by atoms with E-state index in [0.29, 0.717) is 24.5 Å². The minimum Gasteiger partial charge on any atom is -0.481 e. The number of rotatable bonds is 5. The van der Waals surface area contributed by atoms with E-state index in [1.165, 1.54) is 15.7 Å². The highest BCUT2D eigenvalue weighted by Crippen LogP contribution is 2.21. The fourth-order valence-corrected chi connectivity index (χ4v) is 3.62. The molecule has 118 valence electrons. The van der Waals surface area contributed by atoms with Crippen LogP contribution in [-0.2, 0) is 21.5 Å². The first-order valence-electron chi connectivity index (χ1n) is 6.63. The average Bonchev–Trinajstić information content (AvgIpc) is 2.84. The molecule has 2 rings (SSSR count). The number of piperidine rings is 1. The molecule has 0 atom stereocenters. The maximum atomic E-state index is 12.4. The Morgan fingerprint density at radius 3 is 2.57 bits per heavy atom. The normalized spacial score (nSPS) is 18.2. The van der Waals surface area contributed by atoms with E-state index in [1.54, 1.807) is 6.92 Å². The van der Waals surface area contributed by atoms with Gasteiger partial charge in [0.1, 0.15) is 5.82 Å². The predicted octanol–water partition coefficient (Wildman–Crippen LogP) is -0.414. The summed E-state index contributed by atoms with van der Waals surface area (Å²) in [4.78, 5) is 15.0. The Labute approximate surface area is 123 Å². The minimum atomic E-state index is -3.62. The van der Waals surface area contributed by atoms with Crippen LogP contribution in [0.3, 0.4) is 0 Å². The van der Waals surface area contributed by atoms with E-state index in [-0.39, 0.29) is 19.6 Å². The number of nitrogens with one attached hydrogen (secondary N) is 1. The number of aryl methyl sites for hydroxylation is 1. The second-order valence-corrected chi connectivity index (χ2v) is 7.15. The summed E-state index contributed by atoms with van der Waals surface area (Å²) in [6.45, 7) is 2.25. The van der Waals surface area contributed by atoms with E-state index in [4.69, 9.17) is 5.11 Å². The third-order valence-corrected chi connectivity index (χ3v) is 5.47. The van der Waals surface area contributed by atoms with Crippen LogP contribution in [-0.4, -0.2) is 63.4 Å². The smallest absolute Gasteiger partial charge is 0.306 e. The molecule has 1 aromatic heterocycles. The molecule has 0 aromatic carbocycles. The molecule has 0 radical (unpaired) electrons. The SMILES string of the molecule is Cc1nc(CN(C)S(=O)(=O)N2CCC(C(=O)O)CC2)n[nH]1. The number of H-pyrrole nitrogens is 1. The Balaban J connectivity index is 1.99. The van der Waals surface area contributed by atoms with Gasteiger partial charge < -0.3 is 5.11 Å². The number of hydrogen-bond donors (Lipinski definition) is 2. The van der Waals surface area contributed by atoms with Gasteiger partial charge in [-0.1, -0.05) is 0 Å². The maximum absolute atomic E-state index is 12.4. The molecule has 2 heterocycles. The number of aromatic amines is 1. The van der Waals surface area contributed by atoms with Crippen molar-refractivity contribution in [1.82, 2.24) is 23.8 Å². The molecule has 1 fully saturated rings. The van der Waals surface area contributed by atoms with Gasteiger partial charge in [0.25, 0.3) is 10.2 Å². The first kappa shape index (κ1) is 15.9. The molecule has 10 heteroatoms. The van der Waals surface area contributed by atoms with Crippen molar-refractivity contribution in [2.24, 2.45) is 5.92 Å². The molecule has 9 nitrogen and oxygen atoms in total. The third kappa shape index (κ3) is 3.57. The molecule has 1 aliphatic rings. The van der Waals surface area contributed by atoms with Crippen LogP contribution in [0.25, 0.3) is 0 Å². The number of carboxylic acids is 1. The van der Waals surface area contributed by atoms with Gasteiger partial charge in [-0.25, -0.2) is 4.98 Å². The first-order valence-corrected chi connectivity index (χ1v) is 8.02. The second kappa shape index (κ2) is 6.08. The van der Waals surface area contributed by atoms with Crippen LogP contribution in [0.2, 0.25) is 0 Å². The van der Waals surface area contributed by atoms with E-state index in [2.05, 4.69) is 15.2 Å². The summed E-state index contributed by atoms with van der Waals surface area (Å²) in [6, 6.07) is 0. The highest BCUT2D eigenvalue weighted by molar-refractivity contribution is 7.86. The molecule has 0 amide bonds. The lowest BCUT2D eigenvalue weighted by Crippen LogP contribution is -2.46. The largest absolute Gasteiger partial charge is 0.481 e. The van der Waals surface area contributed by atoms with Crippen LogP contribution in [0, 0.1) is 12.8 Å². The minimum absolute atomic E-state index is 0.0749. The quantitative estimate of drug-likeness (QED) is 0.761. The fourth-order valence-electron chi connectivity index (χ4n) is 2.27. The highest BCUT2D eigenvalue weighted by Gasteiger charge is 2.33. The standard InChI is InChI=1S/C11H19N5O4S/c1-8-12-10(14-13-8)7-15(2)21(19,20)16-5-3-9(4-6-16)11(17)18/h9H,3-7H2,1-2H3,(H,17,18)(H,12,13,14). The van der Waals surface area contributed by atoms with E-state index >= 15 is 0 Å². The number of aliphatic carboxylic acids is 1.